The van der Waals surface area contributed by atoms with Crippen LogP contribution in [-0.2, 0) is 29.2 Å². The molecule has 0 fully saturated rings. The van der Waals surface area contributed by atoms with Gasteiger partial charge >= 0.3 is 0 Å². The van der Waals surface area contributed by atoms with Crippen LogP contribution >= 0.6 is 0 Å². The molecule has 5 rings (SSSR count). The molecular formula is C27H25N5O4. The molecule has 5 aromatic rings. The minimum atomic E-state index is -1.00. The van der Waals surface area contributed by atoms with Crippen LogP contribution in [0.5, 0.6) is 0 Å². The average molecular weight is 484 g/mol. The highest BCUT2D eigenvalue weighted by Crippen LogP contribution is 2.26. The van der Waals surface area contributed by atoms with Crippen molar-refractivity contribution in [3.05, 3.63) is 108 Å². The van der Waals surface area contributed by atoms with Crippen molar-refractivity contribution in [1.29, 1.82) is 0 Å². The maximum absolute atomic E-state index is 13.8. The van der Waals surface area contributed by atoms with Crippen LogP contribution in [0.1, 0.15) is 28.9 Å². The van der Waals surface area contributed by atoms with E-state index in [2.05, 4.69) is 15.6 Å². The van der Waals surface area contributed by atoms with Crippen molar-refractivity contribution in [3.63, 3.8) is 0 Å². The Labute approximate surface area is 207 Å². The molecule has 2 amide bonds. The van der Waals surface area contributed by atoms with E-state index < -0.39 is 6.04 Å². The smallest absolute Gasteiger partial charge is 0.251 e. The van der Waals surface area contributed by atoms with Crippen molar-refractivity contribution in [2.45, 2.75) is 32.6 Å². The minimum absolute atomic E-state index is 0.0883. The van der Waals surface area contributed by atoms with Crippen LogP contribution in [0, 0.1) is 6.92 Å². The Bertz CT molecular complexity index is 1460. The standard InChI is InChI=1S/C27H25N5O4/c1-19-13-14-24(36-19)26(27(34)28-16-21-10-7-15-35-21)31(17-20-8-3-2-4-9-20)25(33)18-32-23-12-6-5-11-22(23)29-30-32/h2-15,26H,16-18H2,1H3,(H,28,34). The third-order valence-corrected chi connectivity index (χ3v) is 5.83. The summed E-state index contributed by atoms with van der Waals surface area (Å²) in [5, 5.41) is 11.2. The van der Waals surface area contributed by atoms with Crippen LogP contribution in [0.25, 0.3) is 11.0 Å². The van der Waals surface area contributed by atoms with Crippen LogP contribution in [0.2, 0.25) is 0 Å². The van der Waals surface area contributed by atoms with E-state index in [-0.39, 0.29) is 31.4 Å². The number of benzene rings is 2. The quantitative estimate of drug-likeness (QED) is 0.340. The number of para-hydroxylation sites is 1. The Kier molecular flexibility index (Phi) is 6.61. The topological polar surface area (TPSA) is 106 Å². The zero-order chi connectivity index (χ0) is 24.9. The molecule has 0 aliphatic heterocycles. The molecule has 0 aliphatic carbocycles. The number of fused-ring (bicyclic) bond motifs is 1. The second-order valence-electron chi connectivity index (χ2n) is 8.39. The lowest BCUT2D eigenvalue weighted by Gasteiger charge is -2.30. The largest absolute Gasteiger partial charge is 0.467 e. The third-order valence-electron chi connectivity index (χ3n) is 5.83. The van der Waals surface area contributed by atoms with Gasteiger partial charge in [-0.1, -0.05) is 47.7 Å². The van der Waals surface area contributed by atoms with Gasteiger partial charge in [0.15, 0.2) is 6.04 Å². The number of carbonyl (C=O) groups excluding carboxylic acids is 2. The third kappa shape index (κ3) is 5.05. The fourth-order valence-corrected chi connectivity index (χ4v) is 4.07. The number of amides is 2. The van der Waals surface area contributed by atoms with E-state index in [9.17, 15) is 9.59 Å². The summed E-state index contributed by atoms with van der Waals surface area (Å²) in [5.74, 6) is 0.934. The summed E-state index contributed by atoms with van der Waals surface area (Å²) in [5.41, 5.74) is 2.30. The van der Waals surface area contributed by atoms with E-state index in [1.807, 2.05) is 54.6 Å². The van der Waals surface area contributed by atoms with Crippen LogP contribution in [-0.4, -0.2) is 31.7 Å². The number of furan rings is 2. The van der Waals surface area contributed by atoms with Gasteiger partial charge in [0.25, 0.3) is 5.91 Å². The average Bonchev–Trinajstić information content (AvgIpc) is 3.65. The van der Waals surface area contributed by atoms with Crippen molar-refractivity contribution in [1.82, 2.24) is 25.2 Å². The minimum Gasteiger partial charge on any atom is -0.467 e. The summed E-state index contributed by atoms with van der Waals surface area (Å²) in [6.45, 7) is 2.09. The lowest BCUT2D eigenvalue weighted by molar-refractivity contribution is -0.143. The number of aryl methyl sites for hydroxylation is 1. The molecule has 0 saturated carbocycles. The predicted octanol–water partition coefficient (Wildman–Crippen LogP) is 4.01. The van der Waals surface area contributed by atoms with E-state index in [0.717, 1.165) is 11.1 Å². The van der Waals surface area contributed by atoms with Gasteiger partial charge in [0.1, 0.15) is 29.3 Å². The highest BCUT2D eigenvalue weighted by Gasteiger charge is 2.34. The SMILES string of the molecule is Cc1ccc(C(C(=O)NCc2ccco2)N(Cc2ccccc2)C(=O)Cn2nnc3ccccc32)o1. The first-order valence-electron chi connectivity index (χ1n) is 11.6. The van der Waals surface area contributed by atoms with Gasteiger partial charge in [0.2, 0.25) is 5.91 Å². The fourth-order valence-electron chi connectivity index (χ4n) is 4.07. The normalized spacial score (nSPS) is 11.9. The first-order chi connectivity index (χ1) is 17.6. The molecular weight excluding hydrogens is 458 g/mol. The number of hydrogen-bond acceptors (Lipinski definition) is 6. The molecule has 3 aromatic heterocycles. The summed E-state index contributed by atoms with van der Waals surface area (Å²) in [6.07, 6.45) is 1.54. The molecule has 0 bridgehead atoms. The van der Waals surface area contributed by atoms with Crippen molar-refractivity contribution in [3.8, 4) is 0 Å². The second kappa shape index (κ2) is 10.3. The number of nitrogens with one attached hydrogen (secondary N) is 1. The molecule has 2 aromatic carbocycles. The zero-order valence-corrected chi connectivity index (χ0v) is 19.7. The van der Waals surface area contributed by atoms with E-state index in [0.29, 0.717) is 22.8 Å². The Morgan fingerprint density at radius 3 is 2.56 bits per heavy atom. The second-order valence-corrected chi connectivity index (χ2v) is 8.39. The molecule has 0 spiro atoms. The predicted molar refractivity (Wildman–Crippen MR) is 131 cm³/mol. The van der Waals surface area contributed by atoms with Crippen LogP contribution < -0.4 is 5.32 Å². The van der Waals surface area contributed by atoms with Crippen LogP contribution in [0.15, 0.2) is 94.0 Å². The zero-order valence-electron chi connectivity index (χ0n) is 19.7. The molecule has 1 atom stereocenters. The Hall–Kier alpha value is -4.66. The summed E-state index contributed by atoms with van der Waals surface area (Å²) in [6, 6.07) is 23.0. The van der Waals surface area contributed by atoms with E-state index in [1.54, 1.807) is 42.1 Å². The number of carbonyl (C=O) groups is 2. The van der Waals surface area contributed by atoms with Gasteiger partial charge in [-0.3, -0.25) is 9.59 Å². The van der Waals surface area contributed by atoms with Crippen LogP contribution in [0.4, 0.5) is 0 Å². The van der Waals surface area contributed by atoms with Gasteiger partial charge in [0, 0.05) is 6.54 Å². The fraction of sp³-hybridized carbons (Fsp3) is 0.185. The van der Waals surface area contributed by atoms with Gasteiger partial charge in [-0.05, 0) is 48.9 Å². The monoisotopic (exact) mass is 483 g/mol. The molecule has 182 valence electrons. The van der Waals surface area contributed by atoms with Crippen LogP contribution in [0.3, 0.4) is 0 Å². The number of aromatic nitrogens is 3. The number of rotatable bonds is 9. The number of hydrogen-bond donors (Lipinski definition) is 1. The Morgan fingerprint density at radius 2 is 1.81 bits per heavy atom. The molecule has 0 radical (unpaired) electrons. The molecule has 9 heteroatoms. The first-order valence-corrected chi connectivity index (χ1v) is 11.6. The lowest BCUT2D eigenvalue weighted by atomic mass is 10.1. The van der Waals surface area contributed by atoms with E-state index in [1.165, 1.54) is 4.90 Å². The van der Waals surface area contributed by atoms with Crippen molar-refractivity contribution in [2.24, 2.45) is 0 Å². The maximum atomic E-state index is 13.8. The Balaban J connectivity index is 1.49. The Morgan fingerprint density at radius 1 is 1.00 bits per heavy atom. The van der Waals surface area contributed by atoms with Crippen molar-refractivity contribution < 1.29 is 18.4 Å². The number of nitrogens with zero attached hydrogens (tertiary/aromatic N) is 4. The molecule has 3 heterocycles. The highest BCUT2D eigenvalue weighted by atomic mass is 16.3. The summed E-state index contributed by atoms with van der Waals surface area (Å²) >= 11 is 0. The van der Waals surface area contributed by atoms with Gasteiger partial charge in [-0.25, -0.2) is 4.68 Å². The van der Waals surface area contributed by atoms with Gasteiger partial charge in [-0.2, -0.15) is 0 Å². The van der Waals surface area contributed by atoms with Gasteiger partial charge in [-0.15, -0.1) is 5.10 Å². The summed E-state index contributed by atoms with van der Waals surface area (Å²) < 4.78 is 12.8. The molecule has 9 nitrogen and oxygen atoms in total. The van der Waals surface area contributed by atoms with Gasteiger partial charge in [0.05, 0.1) is 18.3 Å². The van der Waals surface area contributed by atoms with E-state index >= 15 is 0 Å². The van der Waals surface area contributed by atoms with Crippen molar-refractivity contribution >= 4 is 22.8 Å². The molecule has 1 unspecified atom stereocenters. The van der Waals surface area contributed by atoms with E-state index in [4.69, 9.17) is 8.83 Å². The molecule has 1 N–H and O–H groups in total. The summed E-state index contributed by atoms with van der Waals surface area (Å²) in [4.78, 5) is 28.9. The molecule has 36 heavy (non-hydrogen) atoms. The highest BCUT2D eigenvalue weighted by molar-refractivity contribution is 5.88. The lowest BCUT2D eigenvalue weighted by Crippen LogP contribution is -2.44. The molecule has 0 saturated heterocycles. The molecule has 0 aliphatic rings. The van der Waals surface area contributed by atoms with Crippen molar-refractivity contribution in [2.75, 3.05) is 0 Å². The summed E-state index contributed by atoms with van der Waals surface area (Å²) in [7, 11) is 0. The first kappa shape index (κ1) is 23.1. The van der Waals surface area contributed by atoms with Gasteiger partial charge < -0.3 is 19.1 Å². The maximum Gasteiger partial charge on any atom is 0.251 e.